The molecule has 0 aliphatic rings. The molecule has 0 radical (unpaired) electrons. The van der Waals surface area contributed by atoms with Crippen LogP contribution in [0.1, 0.15) is 73.6 Å². The molecule has 1 atom stereocenters. The quantitative estimate of drug-likeness (QED) is 0.413. The third-order valence-corrected chi connectivity index (χ3v) is 5.91. The van der Waals surface area contributed by atoms with Crippen molar-refractivity contribution in [1.29, 1.82) is 5.26 Å². The molecule has 0 aliphatic carbocycles. The largest absolute Gasteiger partial charge is 0.481 e. The zero-order chi connectivity index (χ0) is 26.6. The average Bonchev–Trinajstić information content (AvgIpc) is 3.13. The van der Waals surface area contributed by atoms with Crippen LogP contribution in [0.2, 0.25) is 0 Å². The minimum absolute atomic E-state index is 0.0174. The number of carbonyl (C=O) groups is 3. The van der Waals surface area contributed by atoms with E-state index >= 15 is 0 Å². The van der Waals surface area contributed by atoms with Gasteiger partial charge in [-0.25, -0.2) is 0 Å². The number of nitriles is 1. The Morgan fingerprint density at radius 1 is 1.14 bits per heavy atom. The van der Waals surface area contributed by atoms with Crippen molar-refractivity contribution in [2.24, 2.45) is 0 Å². The number of fused-ring (bicyclic) bond motifs is 1. The Kier molecular flexibility index (Phi) is 7.83. The molecule has 1 unspecified atom stereocenters. The molecule has 3 rings (SSSR count). The second kappa shape index (κ2) is 10.6. The molecule has 0 saturated heterocycles. The normalized spacial score (nSPS) is 12.1. The van der Waals surface area contributed by atoms with Crippen molar-refractivity contribution in [1.82, 2.24) is 9.88 Å². The summed E-state index contributed by atoms with van der Waals surface area (Å²) in [6.45, 7) is 9.48. The molecular weight excluding hydrogens is 456 g/mol. The van der Waals surface area contributed by atoms with E-state index in [0.717, 1.165) is 22.0 Å². The van der Waals surface area contributed by atoms with Gasteiger partial charge in [-0.15, -0.1) is 0 Å². The Labute approximate surface area is 210 Å². The number of carbonyl (C=O) groups excluding carboxylic acids is 2. The predicted octanol–water partition coefficient (Wildman–Crippen LogP) is 4.96. The van der Waals surface area contributed by atoms with Gasteiger partial charge in [0.25, 0.3) is 5.91 Å². The number of carboxylic acids is 1. The van der Waals surface area contributed by atoms with Gasteiger partial charge < -0.3 is 20.3 Å². The number of nitrogens with zero attached hydrogens (tertiary/aromatic N) is 2. The average molecular weight is 489 g/mol. The van der Waals surface area contributed by atoms with Gasteiger partial charge >= 0.3 is 5.97 Å². The minimum Gasteiger partial charge on any atom is -0.481 e. The molecule has 8 heteroatoms. The van der Waals surface area contributed by atoms with Crippen LogP contribution < -0.4 is 10.6 Å². The Morgan fingerprint density at radius 2 is 1.86 bits per heavy atom. The number of aliphatic carboxylic acids is 1. The summed E-state index contributed by atoms with van der Waals surface area (Å²) in [4.78, 5) is 37.0. The summed E-state index contributed by atoms with van der Waals surface area (Å²) >= 11 is 0. The van der Waals surface area contributed by atoms with E-state index in [1.54, 1.807) is 37.3 Å². The molecule has 3 N–H and O–H groups in total. The highest BCUT2D eigenvalue weighted by Crippen LogP contribution is 2.27. The number of hydrogen-bond acceptors (Lipinski definition) is 4. The van der Waals surface area contributed by atoms with Crippen molar-refractivity contribution in [2.45, 2.75) is 65.5 Å². The van der Waals surface area contributed by atoms with Gasteiger partial charge in [0, 0.05) is 40.3 Å². The third-order valence-electron chi connectivity index (χ3n) is 5.91. The van der Waals surface area contributed by atoms with E-state index in [0.29, 0.717) is 29.7 Å². The number of amides is 2. The van der Waals surface area contributed by atoms with Crippen LogP contribution in [0.5, 0.6) is 0 Å². The van der Waals surface area contributed by atoms with Crippen LogP contribution in [0.3, 0.4) is 0 Å². The molecule has 0 fully saturated rings. The van der Waals surface area contributed by atoms with Crippen molar-refractivity contribution in [2.75, 3.05) is 5.32 Å². The lowest BCUT2D eigenvalue weighted by atomic mass is 10.0. The molecule has 1 aromatic heterocycles. The minimum atomic E-state index is -0.881. The zero-order valence-corrected chi connectivity index (χ0v) is 21.3. The van der Waals surface area contributed by atoms with E-state index < -0.39 is 12.0 Å². The summed E-state index contributed by atoms with van der Waals surface area (Å²) in [6.07, 6.45) is 2.78. The summed E-state index contributed by atoms with van der Waals surface area (Å²) in [5.41, 5.74) is 3.54. The first-order valence-electron chi connectivity index (χ1n) is 11.9. The van der Waals surface area contributed by atoms with Gasteiger partial charge in [-0.2, -0.15) is 5.26 Å². The summed E-state index contributed by atoms with van der Waals surface area (Å²) in [5, 5.41) is 25.1. The second-order valence-corrected chi connectivity index (χ2v) is 10.1. The lowest BCUT2D eigenvalue weighted by Crippen LogP contribution is -2.40. The highest BCUT2D eigenvalue weighted by atomic mass is 16.4. The molecule has 2 aromatic carbocycles. The van der Waals surface area contributed by atoms with E-state index in [4.69, 9.17) is 5.11 Å². The number of aromatic nitrogens is 1. The maximum Gasteiger partial charge on any atom is 0.303 e. The first kappa shape index (κ1) is 26.5. The first-order valence-corrected chi connectivity index (χ1v) is 11.9. The molecular formula is C28H32N4O4. The van der Waals surface area contributed by atoms with Crippen LogP contribution in [0.25, 0.3) is 10.9 Å². The predicted molar refractivity (Wildman–Crippen MR) is 139 cm³/mol. The van der Waals surface area contributed by atoms with Gasteiger partial charge in [0.05, 0.1) is 11.6 Å². The third kappa shape index (κ3) is 6.30. The zero-order valence-electron chi connectivity index (χ0n) is 21.3. The Morgan fingerprint density at radius 3 is 2.50 bits per heavy atom. The monoisotopic (exact) mass is 488 g/mol. The van der Waals surface area contributed by atoms with E-state index in [1.807, 2.05) is 44.5 Å². The lowest BCUT2D eigenvalue weighted by Gasteiger charge is -2.21. The van der Waals surface area contributed by atoms with Gasteiger partial charge in [0.1, 0.15) is 6.04 Å². The van der Waals surface area contributed by atoms with Gasteiger partial charge in [-0.3, -0.25) is 14.4 Å². The van der Waals surface area contributed by atoms with Crippen molar-refractivity contribution in [3.8, 4) is 6.07 Å². The highest BCUT2D eigenvalue weighted by molar-refractivity contribution is 6.00. The molecule has 188 valence electrons. The van der Waals surface area contributed by atoms with Gasteiger partial charge in [0.2, 0.25) is 5.91 Å². The van der Waals surface area contributed by atoms with E-state index in [-0.39, 0.29) is 23.8 Å². The van der Waals surface area contributed by atoms with E-state index in [9.17, 15) is 19.6 Å². The molecule has 1 heterocycles. The number of anilines is 1. The second-order valence-electron chi connectivity index (χ2n) is 10.1. The van der Waals surface area contributed by atoms with Crippen molar-refractivity contribution < 1.29 is 19.5 Å². The van der Waals surface area contributed by atoms with Gasteiger partial charge in [0.15, 0.2) is 0 Å². The molecule has 2 amide bonds. The van der Waals surface area contributed by atoms with Crippen LogP contribution in [-0.2, 0) is 16.0 Å². The number of carboxylic acid groups (broad SMARTS) is 1. The summed E-state index contributed by atoms with van der Waals surface area (Å²) in [7, 11) is 0. The van der Waals surface area contributed by atoms with E-state index in [2.05, 4.69) is 16.7 Å². The molecule has 0 spiro atoms. The fourth-order valence-electron chi connectivity index (χ4n) is 4.07. The maximum absolute atomic E-state index is 13.3. The van der Waals surface area contributed by atoms with Crippen molar-refractivity contribution in [3.05, 3.63) is 64.8 Å². The van der Waals surface area contributed by atoms with Crippen molar-refractivity contribution in [3.63, 3.8) is 0 Å². The molecule has 0 aliphatic heterocycles. The van der Waals surface area contributed by atoms with Crippen LogP contribution in [0.4, 0.5) is 5.69 Å². The Hall–Kier alpha value is -4.12. The smallest absolute Gasteiger partial charge is 0.303 e. The topological polar surface area (TPSA) is 124 Å². The fraction of sp³-hybridized carbons (Fsp3) is 0.357. The summed E-state index contributed by atoms with van der Waals surface area (Å²) < 4.78 is 1.84. The Bertz CT molecular complexity index is 1360. The Balaban J connectivity index is 1.90. The molecule has 8 nitrogen and oxygen atoms in total. The number of hydrogen-bond donors (Lipinski definition) is 3. The molecule has 0 bridgehead atoms. The van der Waals surface area contributed by atoms with E-state index in [1.165, 1.54) is 0 Å². The van der Waals surface area contributed by atoms with Gasteiger partial charge in [-0.05, 0) is 82.9 Å². The molecule has 0 saturated carbocycles. The number of benzene rings is 2. The molecule has 3 aromatic rings. The molecule has 36 heavy (non-hydrogen) atoms. The number of nitrogens with one attached hydrogen (secondary N) is 2. The van der Waals surface area contributed by atoms with Crippen molar-refractivity contribution >= 4 is 34.4 Å². The van der Waals surface area contributed by atoms with Crippen LogP contribution >= 0.6 is 0 Å². The van der Waals surface area contributed by atoms with Crippen LogP contribution in [0.15, 0.2) is 42.6 Å². The fourth-order valence-corrected chi connectivity index (χ4v) is 4.07. The standard InChI is InChI=1S/C28H32N4O4/c1-17-16-32(24-14-21(11-12-22(17)24)27(36)31-28(3,4)5)18(2)26(35)30-23-13-19(15-29)9-10-20(23)7-6-8-25(33)34/h9-14,16,18H,6-8H2,1-5H3,(H,30,35)(H,31,36)(H,33,34). The maximum atomic E-state index is 13.3. The lowest BCUT2D eigenvalue weighted by molar-refractivity contribution is -0.137. The summed E-state index contributed by atoms with van der Waals surface area (Å²) in [6, 6.07) is 11.9. The summed E-state index contributed by atoms with van der Waals surface area (Å²) in [5.74, 6) is -1.36. The number of rotatable bonds is 8. The van der Waals surface area contributed by atoms with Crippen LogP contribution in [-0.4, -0.2) is 33.0 Å². The SMILES string of the molecule is Cc1cn(C(C)C(=O)Nc2cc(C#N)ccc2CCCC(=O)O)c2cc(C(=O)NC(C)(C)C)ccc12. The van der Waals surface area contributed by atoms with Gasteiger partial charge in [-0.1, -0.05) is 12.1 Å². The highest BCUT2D eigenvalue weighted by Gasteiger charge is 2.21. The van der Waals surface area contributed by atoms with Crippen LogP contribution in [0, 0.1) is 18.3 Å². The number of aryl methyl sites for hydroxylation is 2. The first-order chi connectivity index (χ1) is 16.9.